The average Bonchev–Trinajstić information content (AvgIpc) is 2.89. The fraction of sp³-hybridized carbons (Fsp3) is 0.333. The molecule has 1 atom stereocenters. The number of thiophene rings is 1. The van der Waals surface area contributed by atoms with E-state index in [2.05, 4.69) is 47.3 Å². The molecule has 0 bridgehead atoms. The minimum Gasteiger partial charge on any atom is -0.496 e. The molecule has 0 aliphatic heterocycles. The SMILES string of the molecule is CNC(Cc1ccsc1)c1ccc(C)cc1OC. The van der Waals surface area contributed by atoms with Crippen LogP contribution in [-0.4, -0.2) is 14.2 Å². The Bertz CT molecular complexity index is 493. The summed E-state index contributed by atoms with van der Waals surface area (Å²) in [4.78, 5) is 0. The summed E-state index contributed by atoms with van der Waals surface area (Å²) in [6, 6.07) is 8.84. The minimum absolute atomic E-state index is 0.287. The molecule has 1 aromatic heterocycles. The van der Waals surface area contributed by atoms with Crippen LogP contribution in [0.25, 0.3) is 0 Å². The summed E-state index contributed by atoms with van der Waals surface area (Å²) in [5.41, 5.74) is 3.81. The fourth-order valence-electron chi connectivity index (χ4n) is 2.12. The van der Waals surface area contributed by atoms with Gasteiger partial charge < -0.3 is 10.1 Å². The summed E-state index contributed by atoms with van der Waals surface area (Å²) >= 11 is 1.74. The van der Waals surface area contributed by atoms with Crippen LogP contribution in [0.1, 0.15) is 22.7 Å². The number of benzene rings is 1. The van der Waals surface area contributed by atoms with Crippen LogP contribution in [0.3, 0.4) is 0 Å². The summed E-state index contributed by atoms with van der Waals surface area (Å²) in [5.74, 6) is 0.963. The predicted octanol–water partition coefficient (Wildman–Crippen LogP) is 3.57. The van der Waals surface area contributed by atoms with Gasteiger partial charge in [0.1, 0.15) is 5.75 Å². The van der Waals surface area contributed by atoms with E-state index in [0.29, 0.717) is 0 Å². The van der Waals surface area contributed by atoms with Crippen molar-refractivity contribution in [2.75, 3.05) is 14.2 Å². The molecule has 0 fully saturated rings. The van der Waals surface area contributed by atoms with Gasteiger partial charge in [-0.25, -0.2) is 0 Å². The van der Waals surface area contributed by atoms with E-state index >= 15 is 0 Å². The van der Waals surface area contributed by atoms with Gasteiger partial charge in [-0.3, -0.25) is 0 Å². The lowest BCUT2D eigenvalue weighted by molar-refractivity contribution is 0.401. The third-order valence-electron chi connectivity index (χ3n) is 3.13. The average molecular weight is 261 g/mol. The molecule has 1 aromatic carbocycles. The molecule has 2 nitrogen and oxygen atoms in total. The largest absolute Gasteiger partial charge is 0.496 e. The van der Waals surface area contributed by atoms with E-state index in [1.165, 1.54) is 16.7 Å². The summed E-state index contributed by atoms with van der Waals surface area (Å²) in [5, 5.41) is 7.69. The van der Waals surface area contributed by atoms with E-state index < -0.39 is 0 Å². The summed E-state index contributed by atoms with van der Waals surface area (Å²) in [7, 11) is 3.73. The highest BCUT2D eigenvalue weighted by molar-refractivity contribution is 7.07. The third-order valence-corrected chi connectivity index (χ3v) is 3.86. The molecule has 0 aliphatic carbocycles. The molecule has 0 spiro atoms. The topological polar surface area (TPSA) is 21.3 Å². The van der Waals surface area contributed by atoms with Gasteiger partial charge in [-0.15, -0.1) is 0 Å². The van der Waals surface area contributed by atoms with Gasteiger partial charge in [0.25, 0.3) is 0 Å². The van der Waals surface area contributed by atoms with Crippen LogP contribution in [0.5, 0.6) is 5.75 Å². The highest BCUT2D eigenvalue weighted by Crippen LogP contribution is 2.28. The number of rotatable bonds is 5. The van der Waals surface area contributed by atoms with Gasteiger partial charge in [-0.05, 0) is 54.4 Å². The monoisotopic (exact) mass is 261 g/mol. The zero-order valence-electron chi connectivity index (χ0n) is 11.1. The second kappa shape index (κ2) is 6.03. The van der Waals surface area contributed by atoms with Crippen molar-refractivity contribution >= 4 is 11.3 Å². The zero-order valence-corrected chi connectivity index (χ0v) is 11.9. The molecule has 2 rings (SSSR count). The van der Waals surface area contributed by atoms with Gasteiger partial charge in [0.2, 0.25) is 0 Å². The van der Waals surface area contributed by atoms with Crippen LogP contribution in [0.2, 0.25) is 0 Å². The zero-order chi connectivity index (χ0) is 13.0. The van der Waals surface area contributed by atoms with Crippen LogP contribution in [0.4, 0.5) is 0 Å². The lowest BCUT2D eigenvalue weighted by atomic mass is 9.98. The number of hydrogen-bond acceptors (Lipinski definition) is 3. The molecular formula is C15H19NOS. The van der Waals surface area contributed by atoms with Gasteiger partial charge in [-0.2, -0.15) is 11.3 Å². The van der Waals surface area contributed by atoms with Gasteiger partial charge in [0.15, 0.2) is 0 Å². The minimum atomic E-state index is 0.287. The molecular weight excluding hydrogens is 242 g/mol. The Balaban J connectivity index is 2.26. The lowest BCUT2D eigenvalue weighted by Crippen LogP contribution is -2.19. The van der Waals surface area contributed by atoms with E-state index in [-0.39, 0.29) is 6.04 Å². The molecule has 3 heteroatoms. The van der Waals surface area contributed by atoms with Crippen molar-refractivity contribution in [3.8, 4) is 5.75 Å². The summed E-state index contributed by atoms with van der Waals surface area (Å²) in [6.07, 6.45) is 0.986. The number of aryl methyl sites for hydroxylation is 1. The van der Waals surface area contributed by atoms with Crippen LogP contribution in [0.15, 0.2) is 35.0 Å². The van der Waals surface area contributed by atoms with Crippen molar-refractivity contribution in [2.24, 2.45) is 0 Å². The highest BCUT2D eigenvalue weighted by Gasteiger charge is 2.15. The first kappa shape index (κ1) is 13.1. The van der Waals surface area contributed by atoms with Crippen molar-refractivity contribution in [2.45, 2.75) is 19.4 Å². The van der Waals surface area contributed by atoms with Gasteiger partial charge >= 0.3 is 0 Å². The predicted molar refractivity (Wildman–Crippen MR) is 77.6 cm³/mol. The Kier molecular flexibility index (Phi) is 4.39. The second-order valence-corrected chi connectivity index (χ2v) is 5.20. The second-order valence-electron chi connectivity index (χ2n) is 4.42. The number of methoxy groups -OCH3 is 1. The quantitative estimate of drug-likeness (QED) is 0.888. The molecule has 2 aromatic rings. The van der Waals surface area contributed by atoms with Crippen molar-refractivity contribution in [3.63, 3.8) is 0 Å². The molecule has 1 unspecified atom stereocenters. The molecule has 1 heterocycles. The van der Waals surface area contributed by atoms with Gasteiger partial charge in [0, 0.05) is 11.6 Å². The van der Waals surface area contributed by atoms with Crippen LogP contribution >= 0.6 is 11.3 Å². The van der Waals surface area contributed by atoms with E-state index in [1.54, 1.807) is 18.4 Å². The first-order valence-corrected chi connectivity index (χ1v) is 7.01. The number of hydrogen-bond donors (Lipinski definition) is 1. The normalized spacial score (nSPS) is 12.4. The van der Waals surface area contributed by atoms with Gasteiger partial charge in [0.05, 0.1) is 7.11 Å². The molecule has 0 amide bonds. The maximum absolute atomic E-state index is 5.49. The Morgan fingerprint density at radius 2 is 2.17 bits per heavy atom. The number of ether oxygens (including phenoxy) is 1. The van der Waals surface area contributed by atoms with Crippen LogP contribution in [0, 0.1) is 6.92 Å². The molecule has 96 valence electrons. The third kappa shape index (κ3) is 2.92. The maximum Gasteiger partial charge on any atom is 0.123 e. The van der Waals surface area contributed by atoms with Crippen LogP contribution < -0.4 is 10.1 Å². The van der Waals surface area contributed by atoms with E-state index in [4.69, 9.17) is 4.74 Å². The Hall–Kier alpha value is -1.32. The molecule has 0 aliphatic rings. The number of nitrogens with one attached hydrogen (secondary N) is 1. The Morgan fingerprint density at radius 3 is 2.78 bits per heavy atom. The van der Waals surface area contributed by atoms with Gasteiger partial charge in [-0.1, -0.05) is 12.1 Å². The molecule has 1 N–H and O–H groups in total. The lowest BCUT2D eigenvalue weighted by Gasteiger charge is -2.19. The standard InChI is InChI=1S/C15H19NOS/c1-11-4-5-13(15(8-11)17-3)14(16-2)9-12-6-7-18-10-12/h4-8,10,14,16H,9H2,1-3H3. The fourth-order valence-corrected chi connectivity index (χ4v) is 2.80. The van der Waals surface area contributed by atoms with Crippen molar-refractivity contribution in [3.05, 3.63) is 51.7 Å². The van der Waals surface area contributed by atoms with Crippen molar-refractivity contribution in [1.82, 2.24) is 5.32 Å². The smallest absolute Gasteiger partial charge is 0.123 e. The Morgan fingerprint density at radius 1 is 1.33 bits per heavy atom. The Labute approximate surface area is 113 Å². The van der Waals surface area contributed by atoms with Crippen molar-refractivity contribution < 1.29 is 4.74 Å². The first-order chi connectivity index (χ1) is 8.74. The molecule has 0 radical (unpaired) electrons. The molecule has 0 saturated carbocycles. The summed E-state index contributed by atoms with van der Waals surface area (Å²) < 4.78 is 5.49. The molecule has 18 heavy (non-hydrogen) atoms. The first-order valence-electron chi connectivity index (χ1n) is 6.07. The highest BCUT2D eigenvalue weighted by atomic mass is 32.1. The summed E-state index contributed by atoms with van der Waals surface area (Å²) in [6.45, 7) is 2.08. The van der Waals surface area contributed by atoms with Crippen LogP contribution in [-0.2, 0) is 6.42 Å². The van der Waals surface area contributed by atoms with E-state index in [1.807, 2.05) is 7.05 Å². The maximum atomic E-state index is 5.49. The van der Waals surface area contributed by atoms with Crippen molar-refractivity contribution in [1.29, 1.82) is 0 Å². The van der Waals surface area contributed by atoms with E-state index in [9.17, 15) is 0 Å². The van der Waals surface area contributed by atoms with E-state index in [0.717, 1.165) is 12.2 Å². The molecule has 0 saturated heterocycles. The number of likely N-dealkylation sites (N-methyl/N-ethyl adjacent to an activating group) is 1.